The predicted molar refractivity (Wildman–Crippen MR) is 107 cm³/mol. The first kappa shape index (κ1) is 19.5. The van der Waals surface area contributed by atoms with Crippen LogP contribution in [0.1, 0.15) is 26.5 Å². The van der Waals surface area contributed by atoms with Gasteiger partial charge in [-0.1, -0.05) is 26.8 Å². The fourth-order valence-corrected chi connectivity index (χ4v) is 2.99. The lowest BCUT2D eigenvalue weighted by Crippen LogP contribution is -2.44. The van der Waals surface area contributed by atoms with Crippen LogP contribution in [0.2, 0.25) is 0 Å². The number of hydrogen-bond donors (Lipinski definition) is 2. The molecule has 7 nitrogen and oxygen atoms in total. The summed E-state index contributed by atoms with van der Waals surface area (Å²) in [7, 11) is 1.58. The van der Waals surface area contributed by atoms with E-state index in [1.54, 1.807) is 25.6 Å². The molecule has 0 fully saturated rings. The highest BCUT2D eigenvalue weighted by molar-refractivity contribution is 5.91. The zero-order valence-electron chi connectivity index (χ0n) is 16.4. The minimum atomic E-state index is -1.03. The Hall–Kier alpha value is -3.22. The number of methoxy groups -OCH3 is 1. The summed E-state index contributed by atoms with van der Waals surface area (Å²) in [6.45, 7) is 6.01. The second-order valence-corrected chi connectivity index (χ2v) is 7.69. The molecule has 0 aliphatic carbocycles. The average molecular weight is 380 g/mol. The van der Waals surface area contributed by atoms with Crippen LogP contribution in [0, 0.1) is 5.41 Å². The van der Waals surface area contributed by atoms with Crippen molar-refractivity contribution in [3.05, 3.63) is 48.4 Å². The number of aromatic nitrogens is 3. The van der Waals surface area contributed by atoms with Crippen LogP contribution >= 0.6 is 0 Å². The van der Waals surface area contributed by atoms with Crippen LogP contribution in [0.15, 0.2) is 42.7 Å². The maximum absolute atomic E-state index is 11.1. The summed E-state index contributed by atoms with van der Waals surface area (Å²) in [5.74, 6) is 0.527. The maximum Gasteiger partial charge on any atom is 0.404 e. The van der Waals surface area contributed by atoms with E-state index in [0.29, 0.717) is 12.3 Å². The number of rotatable bonds is 5. The molecule has 7 heteroatoms. The van der Waals surface area contributed by atoms with E-state index in [1.807, 2.05) is 45.0 Å². The van der Waals surface area contributed by atoms with Crippen LogP contribution in [0.25, 0.3) is 22.2 Å². The van der Waals surface area contributed by atoms with Crippen molar-refractivity contribution in [2.24, 2.45) is 5.41 Å². The minimum absolute atomic E-state index is 0.222. The molecule has 0 spiro atoms. The monoisotopic (exact) mass is 380 g/mol. The molecule has 0 saturated heterocycles. The third-order valence-corrected chi connectivity index (χ3v) is 4.66. The van der Waals surface area contributed by atoms with Gasteiger partial charge in [-0.05, 0) is 23.6 Å². The summed E-state index contributed by atoms with van der Waals surface area (Å²) in [4.78, 5) is 24.5. The first-order chi connectivity index (χ1) is 13.3. The van der Waals surface area contributed by atoms with Gasteiger partial charge in [0, 0.05) is 47.7 Å². The van der Waals surface area contributed by atoms with Crippen molar-refractivity contribution in [3.8, 4) is 17.0 Å². The Balaban J connectivity index is 1.90. The Morgan fingerprint density at radius 3 is 2.57 bits per heavy atom. The van der Waals surface area contributed by atoms with Gasteiger partial charge in [-0.25, -0.2) is 9.78 Å². The van der Waals surface area contributed by atoms with Gasteiger partial charge in [0.25, 0.3) is 0 Å². The van der Waals surface area contributed by atoms with E-state index in [4.69, 9.17) is 9.84 Å². The number of nitrogens with zero attached hydrogens (tertiary/aromatic N) is 3. The van der Waals surface area contributed by atoms with Gasteiger partial charge in [-0.15, -0.1) is 0 Å². The van der Waals surface area contributed by atoms with Gasteiger partial charge in [-0.3, -0.25) is 9.97 Å². The molecule has 0 radical (unpaired) electrons. The molecular formula is C21H24N4O3. The summed E-state index contributed by atoms with van der Waals surface area (Å²) >= 11 is 0. The largest absolute Gasteiger partial charge is 0.481 e. The maximum atomic E-state index is 11.1. The number of fused-ring (bicyclic) bond motifs is 1. The van der Waals surface area contributed by atoms with Crippen LogP contribution in [-0.2, 0) is 6.42 Å². The van der Waals surface area contributed by atoms with Crippen LogP contribution in [0.3, 0.4) is 0 Å². The zero-order chi connectivity index (χ0) is 20.3. The third kappa shape index (κ3) is 4.36. The summed E-state index contributed by atoms with van der Waals surface area (Å²) in [5.41, 5.74) is 3.95. The lowest BCUT2D eigenvalue weighted by Gasteiger charge is -2.30. The van der Waals surface area contributed by atoms with E-state index in [-0.39, 0.29) is 11.5 Å². The number of amides is 1. The number of nitrogens with one attached hydrogen (secondary N) is 1. The number of carbonyl (C=O) groups is 1. The fourth-order valence-electron chi connectivity index (χ4n) is 2.99. The van der Waals surface area contributed by atoms with Crippen LogP contribution in [0.5, 0.6) is 5.88 Å². The standard InChI is InChI=1S/C21H24N4O3/c1-21(2,3)17(24-20(26)27)11-14-6-5-13(12-23-14)15-9-10-22-16-7-8-18(28-4)25-19(15)16/h5-10,12,17,24H,11H2,1-4H3,(H,26,27). The molecule has 2 N–H and O–H groups in total. The molecule has 0 aliphatic rings. The van der Waals surface area contributed by atoms with Crippen molar-refractivity contribution in [1.29, 1.82) is 0 Å². The van der Waals surface area contributed by atoms with E-state index >= 15 is 0 Å². The average Bonchev–Trinajstić information content (AvgIpc) is 2.66. The first-order valence-electron chi connectivity index (χ1n) is 9.02. The normalized spacial score (nSPS) is 12.6. The second-order valence-electron chi connectivity index (χ2n) is 7.69. The fraction of sp³-hybridized carbons (Fsp3) is 0.333. The Bertz CT molecular complexity index is 981. The topological polar surface area (TPSA) is 97.2 Å². The molecule has 3 aromatic rings. The van der Waals surface area contributed by atoms with Crippen molar-refractivity contribution in [2.75, 3.05) is 7.11 Å². The molecule has 1 atom stereocenters. The molecule has 0 saturated carbocycles. The molecule has 1 amide bonds. The molecular weight excluding hydrogens is 356 g/mol. The summed E-state index contributed by atoms with van der Waals surface area (Å²) < 4.78 is 5.23. The lowest BCUT2D eigenvalue weighted by atomic mass is 9.84. The zero-order valence-corrected chi connectivity index (χ0v) is 16.4. The second kappa shape index (κ2) is 7.80. The molecule has 3 heterocycles. The van der Waals surface area contributed by atoms with Gasteiger partial charge in [0.1, 0.15) is 5.52 Å². The number of hydrogen-bond acceptors (Lipinski definition) is 5. The molecule has 3 aromatic heterocycles. The molecule has 0 aromatic carbocycles. The van der Waals surface area contributed by atoms with Crippen LogP contribution < -0.4 is 10.1 Å². The Morgan fingerprint density at radius 1 is 1.18 bits per heavy atom. The van der Waals surface area contributed by atoms with Crippen molar-refractivity contribution < 1.29 is 14.6 Å². The molecule has 146 valence electrons. The summed E-state index contributed by atoms with van der Waals surface area (Å²) in [6.07, 6.45) is 3.01. The molecule has 3 rings (SSSR count). The highest BCUT2D eigenvalue weighted by Gasteiger charge is 2.26. The lowest BCUT2D eigenvalue weighted by molar-refractivity contribution is 0.174. The van der Waals surface area contributed by atoms with Gasteiger partial charge < -0.3 is 15.2 Å². The van der Waals surface area contributed by atoms with E-state index in [2.05, 4.69) is 20.3 Å². The summed E-state index contributed by atoms with van der Waals surface area (Å²) in [5, 5.41) is 11.7. The van der Waals surface area contributed by atoms with E-state index in [0.717, 1.165) is 27.9 Å². The highest BCUT2D eigenvalue weighted by atomic mass is 16.5. The minimum Gasteiger partial charge on any atom is -0.481 e. The number of pyridine rings is 3. The van der Waals surface area contributed by atoms with Crippen molar-refractivity contribution >= 4 is 17.1 Å². The highest BCUT2D eigenvalue weighted by Crippen LogP contribution is 2.28. The van der Waals surface area contributed by atoms with E-state index in [1.165, 1.54) is 0 Å². The van der Waals surface area contributed by atoms with Gasteiger partial charge in [-0.2, -0.15) is 0 Å². The first-order valence-corrected chi connectivity index (χ1v) is 9.02. The van der Waals surface area contributed by atoms with Gasteiger partial charge in [0.05, 0.1) is 12.6 Å². The molecule has 28 heavy (non-hydrogen) atoms. The Kier molecular flexibility index (Phi) is 5.44. The van der Waals surface area contributed by atoms with Crippen molar-refractivity contribution in [2.45, 2.75) is 33.2 Å². The molecule has 0 bridgehead atoms. The van der Waals surface area contributed by atoms with Crippen LogP contribution in [0.4, 0.5) is 4.79 Å². The molecule has 1 unspecified atom stereocenters. The predicted octanol–water partition coefficient (Wildman–Crippen LogP) is 3.93. The van der Waals surface area contributed by atoms with Gasteiger partial charge in [0.15, 0.2) is 0 Å². The SMILES string of the molecule is COc1ccc2nccc(-c3ccc(CC(NC(=O)O)C(C)(C)C)nc3)c2n1. The Labute approximate surface area is 163 Å². The van der Waals surface area contributed by atoms with E-state index in [9.17, 15) is 4.79 Å². The van der Waals surface area contributed by atoms with Crippen molar-refractivity contribution in [3.63, 3.8) is 0 Å². The summed E-state index contributed by atoms with van der Waals surface area (Å²) in [6, 6.07) is 9.20. The van der Waals surface area contributed by atoms with E-state index < -0.39 is 6.09 Å². The van der Waals surface area contributed by atoms with Crippen LogP contribution in [-0.4, -0.2) is 39.3 Å². The van der Waals surface area contributed by atoms with Gasteiger partial charge in [0.2, 0.25) is 5.88 Å². The molecule has 0 aliphatic heterocycles. The number of ether oxygens (including phenoxy) is 1. The third-order valence-electron chi connectivity index (χ3n) is 4.66. The number of carboxylic acid groups (broad SMARTS) is 1. The Morgan fingerprint density at radius 2 is 1.96 bits per heavy atom. The quantitative estimate of drug-likeness (QED) is 0.696. The van der Waals surface area contributed by atoms with Crippen molar-refractivity contribution in [1.82, 2.24) is 20.3 Å². The smallest absolute Gasteiger partial charge is 0.404 e. The van der Waals surface area contributed by atoms with Gasteiger partial charge >= 0.3 is 6.09 Å².